The first-order chi connectivity index (χ1) is 15.0. The molecule has 0 saturated heterocycles. The lowest BCUT2D eigenvalue weighted by molar-refractivity contribution is 0.0785. The van der Waals surface area contributed by atoms with Gasteiger partial charge in [-0.05, 0) is 42.8 Å². The van der Waals surface area contributed by atoms with E-state index in [0.717, 1.165) is 22.4 Å². The minimum atomic E-state index is -0.111. The lowest BCUT2D eigenvalue weighted by Gasteiger charge is -2.17. The maximum absolute atomic E-state index is 13.4. The molecule has 0 aliphatic carbocycles. The van der Waals surface area contributed by atoms with Crippen LogP contribution in [0.2, 0.25) is 0 Å². The third-order valence-corrected chi connectivity index (χ3v) is 5.08. The second-order valence-electron chi connectivity index (χ2n) is 7.43. The molecule has 2 heterocycles. The van der Waals surface area contributed by atoms with Gasteiger partial charge in [0, 0.05) is 37.7 Å². The van der Waals surface area contributed by atoms with Crippen molar-refractivity contribution in [2.45, 2.75) is 13.5 Å². The number of aryl methyl sites for hydroxylation is 1. The van der Waals surface area contributed by atoms with Crippen LogP contribution in [0.4, 0.5) is 0 Å². The van der Waals surface area contributed by atoms with Crippen molar-refractivity contribution in [3.8, 4) is 22.7 Å². The highest BCUT2D eigenvalue weighted by atomic mass is 16.5. The molecule has 2 aromatic carbocycles. The van der Waals surface area contributed by atoms with Gasteiger partial charge in [0.2, 0.25) is 0 Å². The van der Waals surface area contributed by atoms with E-state index in [9.17, 15) is 4.79 Å². The van der Waals surface area contributed by atoms with Crippen LogP contribution in [0.5, 0.6) is 5.75 Å². The van der Waals surface area contributed by atoms with E-state index in [1.54, 1.807) is 42.3 Å². The Balaban J connectivity index is 1.75. The molecule has 0 unspecified atom stereocenters. The smallest absolute Gasteiger partial charge is 0.257 e. The first kappa shape index (κ1) is 20.3. The van der Waals surface area contributed by atoms with Gasteiger partial charge in [-0.2, -0.15) is 5.10 Å². The second-order valence-corrected chi connectivity index (χ2v) is 7.43. The number of benzene rings is 2. The Bertz CT molecular complexity index is 1180. The molecule has 0 N–H and O–H groups in total. The van der Waals surface area contributed by atoms with Crippen molar-refractivity contribution in [3.63, 3.8) is 0 Å². The van der Waals surface area contributed by atoms with Crippen LogP contribution >= 0.6 is 0 Å². The zero-order valence-electron chi connectivity index (χ0n) is 17.8. The summed E-state index contributed by atoms with van der Waals surface area (Å²) in [4.78, 5) is 19.2. The Morgan fingerprint density at radius 1 is 1.10 bits per heavy atom. The molecule has 0 fully saturated rings. The summed E-state index contributed by atoms with van der Waals surface area (Å²) in [5.74, 6) is 0.601. The van der Waals surface area contributed by atoms with Gasteiger partial charge < -0.3 is 9.64 Å². The topological polar surface area (TPSA) is 60.3 Å². The van der Waals surface area contributed by atoms with Crippen LogP contribution in [0, 0.1) is 6.92 Å². The molecule has 0 spiro atoms. The van der Waals surface area contributed by atoms with Crippen LogP contribution in [-0.4, -0.2) is 39.7 Å². The van der Waals surface area contributed by atoms with Gasteiger partial charge in [-0.15, -0.1) is 0 Å². The molecule has 31 heavy (non-hydrogen) atoms. The molecule has 2 aromatic heterocycles. The van der Waals surface area contributed by atoms with Crippen molar-refractivity contribution in [2.24, 2.45) is 0 Å². The summed E-state index contributed by atoms with van der Waals surface area (Å²) in [6.07, 6.45) is 5.28. The highest BCUT2D eigenvalue weighted by Gasteiger charge is 2.22. The van der Waals surface area contributed by atoms with Crippen molar-refractivity contribution < 1.29 is 9.53 Å². The number of amides is 1. The van der Waals surface area contributed by atoms with Crippen molar-refractivity contribution in [1.29, 1.82) is 0 Å². The molecular formula is C25H24N4O2. The largest absolute Gasteiger partial charge is 0.497 e. The quantitative estimate of drug-likeness (QED) is 0.467. The number of hydrogen-bond acceptors (Lipinski definition) is 4. The summed E-state index contributed by atoms with van der Waals surface area (Å²) >= 11 is 0. The Kier molecular flexibility index (Phi) is 5.80. The Labute approximate surface area is 181 Å². The number of pyridine rings is 1. The van der Waals surface area contributed by atoms with Gasteiger partial charge in [-0.3, -0.25) is 9.78 Å². The number of carbonyl (C=O) groups excluding carboxylic acids is 1. The van der Waals surface area contributed by atoms with E-state index < -0.39 is 0 Å². The zero-order valence-corrected chi connectivity index (χ0v) is 17.8. The summed E-state index contributed by atoms with van der Waals surface area (Å²) in [6.45, 7) is 2.50. The zero-order chi connectivity index (χ0) is 21.8. The third kappa shape index (κ3) is 4.48. The van der Waals surface area contributed by atoms with Crippen molar-refractivity contribution >= 4 is 5.91 Å². The standard InChI is InChI=1S/C25H24N4O2/c1-18-9-11-21(12-10-18)29-17-23(24(27-29)20-7-4-8-22(14-20)31-3)25(30)28(2)16-19-6-5-13-26-15-19/h4-15,17H,16H2,1-3H3. The number of aromatic nitrogens is 3. The summed E-state index contributed by atoms with van der Waals surface area (Å²) in [6, 6.07) is 19.4. The molecule has 0 saturated carbocycles. The van der Waals surface area contributed by atoms with Crippen molar-refractivity contribution in [2.75, 3.05) is 14.2 Å². The minimum Gasteiger partial charge on any atom is -0.497 e. The van der Waals surface area contributed by atoms with Crippen LogP contribution in [0.25, 0.3) is 16.9 Å². The van der Waals surface area contributed by atoms with E-state index in [1.807, 2.05) is 67.6 Å². The predicted molar refractivity (Wildman–Crippen MR) is 120 cm³/mol. The monoisotopic (exact) mass is 412 g/mol. The summed E-state index contributed by atoms with van der Waals surface area (Å²) in [5, 5.41) is 4.77. The van der Waals surface area contributed by atoms with Gasteiger partial charge in [0.05, 0.1) is 18.4 Å². The van der Waals surface area contributed by atoms with Gasteiger partial charge in [0.15, 0.2) is 0 Å². The maximum Gasteiger partial charge on any atom is 0.257 e. The number of methoxy groups -OCH3 is 1. The lowest BCUT2D eigenvalue weighted by Crippen LogP contribution is -2.26. The molecule has 156 valence electrons. The van der Waals surface area contributed by atoms with Crippen LogP contribution < -0.4 is 4.74 Å². The average molecular weight is 412 g/mol. The lowest BCUT2D eigenvalue weighted by atomic mass is 10.1. The summed E-state index contributed by atoms with van der Waals surface area (Å²) in [5.41, 5.74) is 4.98. The first-order valence-corrected chi connectivity index (χ1v) is 10.0. The fraction of sp³-hybridized carbons (Fsp3) is 0.160. The van der Waals surface area contributed by atoms with Gasteiger partial charge >= 0.3 is 0 Å². The summed E-state index contributed by atoms with van der Waals surface area (Å²) in [7, 11) is 3.41. The van der Waals surface area contributed by atoms with Crippen LogP contribution in [-0.2, 0) is 6.54 Å². The first-order valence-electron chi connectivity index (χ1n) is 10.0. The minimum absolute atomic E-state index is 0.111. The van der Waals surface area contributed by atoms with Crippen molar-refractivity contribution in [3.05, 3.63) is 95.9 Å². The van der Waals surface area contributed by atoms with Gasteiger partial charge in [0.1, 0.15) is 11.4 Å². The highest BCUT2D eigenvalue weighted by Crippen LogP contribution is 2.28. The fourth-order valence-corrected chi connectivity index (χ4v) is 3.39. The van der Waals surface area contributed by atoms with Gasteiger partial charge in [-0.25, -0.2) is 4.68 Å². The molecule has 0 radical (unpaired) electrons. The van der Waals surface area contributed by atoms with Crippen LogP contribution in [0.3, 0.4) is 0 Å². The molecule has 6 nitrogen and oxygen atoms in total. The molecule has 6 heteroatoms. The maximum atomic E-state index is 13.4. The van der Waals surface area contributed by atoms with Crippen LogP contribution in [0.15, 0.2) is 79.3 Å². The normalized spacial score (nSPS) is 10.7. The van der Waals surface area contributed by atoms with E-state index in [4.69, 9.17) is 9.84 Å². The Hall–Kier alpha value is -3.93. The molecule has 0 bridgehead atoms. The van der Waals surface area contributed by atoms with E-state index in [1.165, 1.54) is 0 Å². The number of ether oxygens (including phenoxy) is 1. The SMILES string of the molecule is COc1cccc(-c2nn(-c3ccc(C)cc3)cc2C(=O)N(C)Cc2cccnc2)c1. The Morgan fingerprint density at radius 2 is 1.90 bits per heavy atom. The molecule has 0 aliphatic heterocycles. The van der Waals surface area contributed by atoms with E-state index >= 15 is 0 Å². The molecule has 0 atom stereocenters. The van der Waals surface area contributed by atoms with Crippen molar-refractivity contribution in [1.82, 2.24) is 19.7 Å². The van der Waals surface area contributed by atoms with E-state index in [-0.39, 0.29) is 5.91 Å². The highest BCUT2D eigenvalue weighted by molar-refractivity contribution is 5.99. The molecule has 1 amide bonds. The number of hydrogen-bond donors (Lipinski definition) is 0. The average Bonchev–Trinajstić information content (AvgIpc) is 3.25. The number of nitrogens with zero attached hydrogens (tertiary/aromatic N) is 4. The van der Waals surface area contributed by atoms with Gasteiger partial charge in [-0.1, -0.05) is 35.9 Å². The third-order valence-electron chi connectivity index (χ3n) is 5.08. The molecule has 4 rings (SSSR count). The van der Waals surface area contributed by atoms with E-state index in [2.05, 4.69) is 4.98 Å². The number of carbonyl (C=O) groups is 1. The number of rotatable bonds is 6. The van der Waals surface area contributed by atoms with Gasteiger partial charge in [0.25, 0.3) is 5.91 Å². The molecular weight excluding hydrogens is 388 g/mol. The van der Waals surface area contributed by atoms with Crippen LogP contribution in [0.1, 0.15) is 21.5 Å². The second kappa shape index (κ2) is 8.83. The summed E-state index contributed by atoms with van der Waals surface area (Å²) < 4.78 is 7.12. The predicted octanol–water partition coefficient (Wildman–Crippen LogP) is 4.52. The van der Waals surface area contributed by atoms with E-state index in [0.29, 0.717) is 23.6 Å². The molecule has 0 aliphatic rings. The fourth-order valence-electron chi connectivity index (χ4n) is 3.39. The molecule has 4 aromatic rings. The Morgan fingerprint density at radius 3 is 2.61 bits per heavy atom.